The number of carboxylic acids is 1. The fourth-order valence-corrected chi connectivity index (χ4v) is 2.39. The van der Waals surface area contributed by atoms with Crippen molar-refractivity contribution in [3.05, 3.63) is 0 Å². The van der Waals surface area contributed by atoms with Crippen molar-refractivity contribution in [2.75, 3.05) is 6.54 Å². The molecule has 1 unspecified atom stereocenters. The molecule has 1 rings (SSSR count). The topological polar surface area (TPSA) is 66.4 Å². The van der Waals surface area contributed by atoms with Gasteiger partial charge >= 0.3 is 5.97 Å². The zero-order valence-electron chi connectivity index (χ0n) is 10.1. The van der Waals surface area contributed by atoms with E-state index >= 15 is 0 Å². The maximum absolute atomic E-state index is 11.8. The third kappa shape index (κ3) is 3.51. The summed E-state index contributed by atoms with van der Waals surface area (Å²) in [6.07, 6.45) is 3.79. The van der Waals surface area contributed by atoms with Gasteiger partial charge in [0.1, 0.15) is 0 Å². The second kappa shape index (κ2) is 5.32. The zero-order chi connectivity index (χ0) is 12.2. The van der Waals surface area contributed by atoms with Crippen LogP contribution < -0.4 is 5.32 Å². The minimum absolute atomic E-state index is 0.0906. The lowest BCUT2D eigenvalue weighted by Gasteiger charge is -2.25. The summed E-state index contributed by atoms with van der Waals surface area (Å²) in [6, 6.07) is 0. The van der Waals surface area contributed by atoms with Crippen LogP contribution >= 0.6 is 0 Å². The molecule has 1 amide bonds. The van der Waals surface area contributed by atoms with Crippen molar-refractivity contribution in [2.45, 2.75) is 46.0 Å². The van der Waals surface area contributed by atoms with Crippen LogP contribution in [-0.2, 0) is 9.59 Å². The number of carbonyl (C=O) groups is 2. The highest BCUT2D eigenvalue weighted by Gasteiger charge is 2.38. The van der Waals surface area contributed by atoms with E-state index < -0.39 is 5.97 Å². The van der Waals surface area contributed by atoms with Crippen LogP contribution in [0.5, 0.6) is 0 Å². The van der Waals surface area contributed by atoms with Gasteiger partial charge in [0.05, 0.1) is 0 Å². The lowest BCUT2D eigenvalue weighted by Crippen LogP contribution is -2.36. The van der Waals surface area contributed by atoms with Gasteiger partial charge in [-0.25, -0.2) is 0 Å². The van der Waals surface area contributed by atoms with Crippen LogP contribution in [-0.4, -0.2) is 23.5 Å². The van der Waals surface area contributed by atoms with Crippen molar-refractivity contribution in [2.24, 2.45) is 11.3 Å². The number of amides is 1. The molecule has 4 heteroatoms. The Bertz CT molecular complexity index is 273. The van der Waals surface area contributed by atoms with Crippen LogP contribution in [0, 0.1) is 11.3 Å². The van der Waals surface area contributed by atoms with Gasteiger partial charge in [-0.1, -0.05) is 20.3 Å². The molecule has 0 aliphatic heterocycles. The normalized spacial score (nSPS) is 23.0. The summed E-state index contributed by atoms with van der Waals surface area (Å²) >= 11 is 0. The quantitative estimate of drug-likeness (QED) is 0.704. The van der Waals surface area contributed by atoms with Crippen molar-refractivity contribution >= 4 is 11.9 Å². The van der Waals surface area contributed by atoms with E-state index in [0.717, 1.165) is 19.3 Å². The fourth-order valence-electron chi connectivity index (χ4n) is 2.39. The van der Waals surface area contributed by atoms with Crippen molar-refractivity contribution in [1.82, 2.24) is 5.32 Å². The summed E-state index contributed by atoms with van der Waals surface area (Å²) in [5.41, 5.74) is 0.0941. The van der Waals surface area contributed by atoms with Crippen LogP contribution in [0.3, 0.4) is 0 Å². The molecule has 0 aromatic rings. The Morgan fingerprint density at radius 1 is 1.44 bits per heavy atom. The molecule has 0 bridgehead atoms. The highest BCUT2D eigenvalue weighted by atomic mass is 16.4. The predicted octanol–water partition coefficient (Wildman–Crippen LogP) is 1.79. The van der Waals surface area contributed by atoms with Crippen molar-refractivity contribution in [3.63, 3.8) is 0 Å². The number of hydrogen-bond acceptors (Lipinski definition) is 2. The summed E-state index contributed by atoms with van der Waals surface area (Å²) in [6.45, 7) is 4.72. The van der Waals surface area contributed by atoms with Gasteiger partial charge in [-0.2, -0.15) is 0 Å². The van der Waals surface area contributed by atoms with Gasteiger partial charge in [0.15, 0.2) is 0 Å². The molecular formula is C12H21NO3. The van der Waals surface area contributed by atoms with Gasteiger partial charge in [-0.3, -0.25) is 9.59 Å². The lowest BCUT2D eigenvalue weighted by atomic mass is 9.81. The van der Waals surface area contributed by atoms with Crippen molar-refractivity contribution in [1.29, 1.82) is 0 Å². The molecule has 0 heterocycles. The first-order valence-corrected chi connectivity index (χ1v) is 5.93. The number of aliphatic carboxylic acids is 1. The molecule has 4 nitrogen and oxygen atoms in total. The molecule has 92 valence electrons. The molecule has 1 saturated carbocycles. The van der Waals surface area contributed by atoms with E-state index in [2.05, 4.69) is 19.2 Å². The number of rotatable bonds is 5. The van der Waals surface area contributed by atoms with Crippen LogP contribution in [0.25, 0.3) is 0 Å². The van der Waals surface area contributed by atoms with Gasteiger partial charge in [-0.15, -0.1) is 0 Å². The Morgan fingerprint density at radius 2 is 2.12 bits per heavy atom. The van der Waals surface area contributed by atoms with E-state index in [4.69, 9.17) is 5.11 Å². The Balaban J connectivity index is 2.27. The molecule has 2 N–H and O–H groups in total. The Labute approximate surface area is 96.4 Å². The first-order chi connectivity index (χ1) is 7.43. The average molecular weight is 227 g/mol. The molecule has 1 fully saturated rings. The van der Waals surface area contributed by atoms with E-state index in [0.29, 0.717) is 13.0 Å². The molecule has 1 aliphatic carbocycles. The van der Waals surface area contributed by atoms with E-state index in [9.17, 15) is 9.59 Å². The Morgan fingerprint density at radius 3 is 2.62 bits per heavy atom. The second-order valence-corrected chi connectivity index (χ2v) is 5.22. The third-order valence-corrected chi connectivity index (χ3v) is 3.44. The van der Waals surface area contributed by atoms with Gasteiger partial charge in [0.2, 0.25) is 5.91 Å². The number of carbonyl (C=O) groups excluding carboxylic acids is 1. The standard InChI is InChI=1S/C12H21NO3/c1-12(2)7-3-5-9(12)11(16)13-8-4-6-10(14)15/h9H,3-8H2,1-2H3,(H,13,16)(H,14,15). The predicted molar refractivity (Wildman–Crippen MR) is 61.0 cm³/mol. The maximum atomic E-state index is 11.8. The smallest absolute Gasteiger partial charge is 0.303 e. The Kier molecular flexibility index (Phi) is 4.33. The summed E-state index contributed by atoms with van der Waals surface area (Å²) in [5, 5.41) is 11.3. The molecule has 0 aromatic heterocycles. The molecule has 1 atom stereocenters. The molecule has 0 saturated heterocycles. The fraction of sp³-hybridized carbons (Fsp3) is 0.833. The van der Waals surface area contributed by atoms with Crippen LogP contribution in [0.1, 0.15) is 46.0 Å². The van der Waals surface area contributed by atoms with Crippen molar-refractivity contribution in [3.8, 4) is 0 Å². The van der Waals surface area contributed by atoms with E-state index in [1.165, 1.54) is 0 Å². The highest BCUT2D eigenvalue weighted by Crippen LogP contribution is 2.42. The van der Waals surface area contributed by atoms with E-state index in [-0.39, 0.29) is 23.7 Å². The molecule has 0 spiro atoms. The summed E-state index contributed by atoms with van der Waals surface area (Å²) in [7, 11) is 0. The van der Waals surface area contributed by atoms with Crippen LogP contribution in [0.2, 0.25) is 0 Å². The summed E-state index contributed by atoms with van der Waals surface area (Å²) in [5.74, 6) is -0.624. The largest absolute Gasteiger partial charge is 0.481 e. The summed E-state index contributed by atoms with van der Waals surface area (Å²) in [4.78, 5) is 22.1. The molecule has 1 aliphatic rings. The van der Waals surface area contributed by atoms with Crippen LogP contribution in [0.15, 0.2) is 0 Å². The minimum atomic E-state index is -0.810. The first kappa shape index (κ1) is 13.0. The van der Waals surface area contributed by atoms with Crippen LogP contribution in [0.4, 0.5) is 0 Å². The highest BCUT2D eigenvalue weighted by molar-refractivity contribution is 5.79. The minimum Gasteiger partial charge on any atom is -0.481 e. The SMILES string of the molecule is CC1(C)CCCC1C(=O)NCCCC(=O)O. The van der Waals surface area contributed by atoms with Gasteiger partial charge < -0.3 is 10.4 Å². The Hall–Kier alpha value is -1.06. The molecule has 16 heavy (non-hydrogen) atoms. The van der Waals surface area contributed by atoms with Crippen molar-refractivity contribution < 1.29 is 14.7 Å². The number of hydrogen-bond donors (Lipinski definition) is 2. The van der Waals surface area contributed by atoms with E-state index in [1.807, 2.05) is 0 Å². The lowest BCUT2D eigenvalue weighted by molar-refractivity contribution is -0.137. The number of nitrogens with one attached hydrogen (secondary N) is 1. The first-order valence-electron chi connectivity index (χ1n) is 5.93. The molecule has 0 radical (unpaired) electrons. The third-order valence-electron chi connectivity index (χ3n) is 3.44. The van der Waals surface area contributed by atoms with Gasteiger partial charge in [0.25, 0.3) is 0 Å². The molecule has 0 aromatic carbocycles. The van der Waals surface area contributed by atoms with E-state index in [1.54, 1.807) is 0 Å². The maximum Gasteiger partial charge on any atom is 0.303 e. The number of carboxylic acid groups (broad SMARTS) is 1. The second-order valence-electron chi connectivity index (χ2n) is 5.22. The average Bonchev–Trinajstić information content (AvgIpc) is 2.52. The molecular weight excluding hydrogens is 206 g/mol. The van der Waals surface area contributed by atoms with Gasteiger partial charge in [0, 0.05) is 18.9 Å². The monoisotopic (exact) mass is 227 g/mol. The van der Waals surface area contributed by atoms with Gasteiger partial charge in [-0.05, 0) is 24.7 Å². The zero-order valence-corrected chi connectivity index (χ0v) is 10.1. The summed E-state index contributed by atoms with van der Waals surface area (Å²) < 4.78 is 0.